The van der Waals surface area contributed by atoms with E-state index in [1.165, 1.54) is 0 Å². The molecule has 0 amide bonds. The molecule has 0 unspecified atom stereocenters. The highest BCUT2D eigenvalue weighted by atomic mass is 35.5. The van der Waals surface area contributed by atoms with Crippen LogP contribution in [0.3, 0.4) is 0 Å². The maximum atomic E-state index is 6.39. The molecule has 0 aliphatic carbocycles. The molecule has 0 bridgehead atoms. The van der Waals surface area contributed by atoms with Gasteiger partial charge in [-0.3, -0.25) is 0 Å². The first kappa shape index (κ1) is 15.3. The molecule has 4 nitrogen and oxygen atoms in total. The van der Waals surface area contributed by atoms with Crippen LogP contribution >= 0.6 is 11.6 Å². The Bertz CT molecular complexity index is 651. The molecule has 0 spiro atoms. The van der Waals surface area contributed by atoms with Gasteiger partial charge in [-0.05, 0) is 18.9 Å². The maximum absolute atomic E-state index is 6.39. The molecule has 1 aromatic carbocycles. The van der Waals surface area contributed by atoms with Crippen molar-refractivity contribution in [1.29, 1.82) is 0 Å². The minimum absolute atomic E-state index is 0.302. The van der Waals surface area contributed by atoms with Crippen LogP contribution in [0.2, 0.25) is 5.02 Å². The summed E-state index contributed by atoms with van der Waals surface area (Å²) in [5.41, 5.74) is 8.96. The lowest BCUT2D eigenvalue weighted by Crippen LogP contribution is -2.40. The van der Waals surface area contributed by atoms with E-state index in [9.17, 15) is 0 Å². The standard InChI is InChI=1S/C17H21ClN4/c1-2-16-20-11-15(22-9-7-12(19)8-10-22)17(21-16)13-5-3-4-6-14(13)18/h3-6,11-12H,2,7-10,19H2,1H3. The SMILES string of the molecule is CCc1ncc(N2CCC(N)CC2)c(-c2ccccc2Cl)n1. The predicted octanol–water partition coefficient (Wildman–Crippen LogP) is 3.29. The zero-order valence-corrected chi connectivity index (χ0v) is 13.6. The number of hydrogen-bond acceptors (Lipinski definition) is 4. The number of hydrogen-bond donors (Lipinski definition) is 1. The normalized spacial score (nSPS) is 16.0. The van der Waals surface area contributed by atoms with Gasteiger partial charge in [0, 0.05) is 31.1 Å². The quantitative estimate of drug-likeness (QED) is 0.944. The topological polar surface area (TPSA) is 55.0 Å². The highest BCUT2D eigenvalue weighted by Crippen LogP contribution is 2.34. The molecule has 3 rings (SSSR count). The molecule has 2 aromatic rings. The first-order valence-electron chi connectivity index (χ1n) is 7.80. The second-order valence-corrected chi connectivity index (χ2v) is 6.09. The maximum Gasteiger partial charge on any atom is 0.128 e. The van der Waals surface area contributed by atoms with E-state index >= 15 is 0 Å². The summed E-state index contributed by atoms with van der Waals surface area (Å²) in [6.45, 7) is 3.94. The Hall–Kier alpha value is -1.65. The third-order valence-electron chi connectivity index (χ3n) is 4.14. The van der Waals surface area contributed by atoms with Gasteiger partial charge in [0.25, 0.3) is 0 Å². The molecule has 0 atom stereocenters. The first-order valence-corrected chi connectivity index (χ1v) is 8.18. The van der Waals surface area contributed by atoms with Crippen LogP contribution in [0.5, 0.6) is 0 Å². The molecule has 1 fully saturated rings. The summed E-state index contributed by atoms with van der Waals surface area (Å²) < 4.78 is 0. The molecule has 2 N–H and O–H groups in total. The van der Waals surface area contributed by atoms with Gasteiger partial charge in [-0.2, -0.15) is 0 Å². The van der Waals surface area contributed by atoms with Crippen molar-refractivity contribution in [2.45, 2.75) is 32.2 Å². The lowest BCUT2D eigenvalue weighted by Gasteiger charge is -2.33. The molecule has 2 heterocycles. The Morgan fingerprint density at radius 1 is 1.27 bits per heavy atom. The molecular weight excluding hydrogens is 296 g/mol. The number of nitrogens with zero attached hydrogens (tertiary/aromatic N) is 3. The van der Waals surface area contributed by atoms with Crippen molar-refractivity contribution in [3.05, 3.63) is 41.3 Å². The van der Waals surface area contributed by atoms with Crippen molar-refractivity contribution in [1.82, 2.24) is 9.97 Å². The van der Waals surface area contributed by atoms with Crippen LogP contribution in [-0.4, -0.2) is 29.1 Å². The Kier molecular flexibility index (Phi) is 4.60. The van der Waals surface area contributed by atoms with Crippen LogP contribution in [0.4, 0.5) is 5.69 Å². The monoisotopic (exact) mass is 316 g/mol. The van der Waals surface area contributed by atoms with Gasteiger partial charge >= 0.3 is 0 Å². The summed E-state index contributed by atoms with van der Waals surface area (Å²) >= 11 is 6.39. The zero-order valence-electron chi connectivity index (χ0n) is 12.8. The van der Waals surface area contributed by atoms with Gasteiger partial charge in [0.1, 0.15) is 5.82 Å². The summed E-state index contributed by atoms with van der Waals surface area (Å²) in [5.74, 6) is 0.840. The van der Waals surface area contributed by atoms with E-state index in [0.29, 0.717) is 6.04 Å². The fourth-order valence-corrected chi connectivity index (χ4v) is 3.03. The number of benzene rings is 1. The van der Waals surface area contributed by atoms with Gasteiger partial charge in [0.2, 0.25) is 0 Å². The minimum Gasteiger partial charge on any atom is -0.368 e. The third-order valence-corrected chi connectivity index (χ3v) is 4.47. The van der Waals surface area contributed by atoms with Crippen molar-refractivity contribution < 1.29 is 0 Å². The van der Waals surface area contributed by atoms with Crippen LogP contribution in [0.25, 0.3) is 11.3 Å². The summed E-state index contributed by atoms with van der Waals surface area (Å²) in [5, 5.41) is 0.721. The molecule has 116 valence electrons. The van der Waals surface area contributed by atoms with Crippen molar-refractivity contribution in [3.8, 4) is 11.3 Å². The summed E-state index contributed by atoms with van der Waals surface area (Å²) in [6.07, 6.45) is 4.74. The van der Waals surface area contributed by atoms with Gasteiger partial charge < -0.3 is 10.6 Å². The number of anilines is 1. The van der Waals surface area contributed by atoms with Crippen LogP contribution in [-0.2, 0) is 6.42 Å². The number of halogens is 1. The van der Waals surface area contributed by atoms with Crippen LogP contribution in [0, 0.1) is 0 Å². The van der Waals surface area contributed by atoms with Crippen LogP contribution in [0.15, 0.2) is 30.5 Å². The lowest BCUT2D eigenvalue weighted by molar-refractivity contribution is 0.501. The lowest BCUT2D eigenvalue weighted by atomic mass is 10.0. The van der Waals surface area contributed by atoms with Crippen LogP contribution < -0.4 is 10.6 Å². The second-order valence-electron chi connectivity index (χ2n) is 5.68. The average molecular weight is 317 g/mol. The number of aryl methyl sites for hydroxylation is 1. The van der Waals surface area contributed by atoms with E-state index in [-0.39, 0.29) is 0 Å². The van der Waals surface area contributed by atoms with Crippen molar-refractivity contribution in [2.24, 2.45) is 5.73 Å². The Labute approximate surface area is 136 Å². The third kappa shape index (κ3) is 3.08. The number of rotatable bonds is 3. The van der Waals surface area contributed by atoms with E-state index in [0.717, 1.165) is 60.1 Å². The van der Waals surface area contributed by atoms with Crippen molar-refractivity contribution in [2.75, 3.05) is 18.0 Å². The van der Waals surface area contributed by atoms with Gasteiger partial charge in [-0.15, -0.1) is 0 Å². The number of nitrogens with two attached hydrogens (primary N) is 1. The molecule has 1 saturated heterocycles. The highest BCUT2D eigenvalue weighted by Gasteiger charge is 2.21. The fraction of sp³-hybridized carbons (Fsp3) is 0.412. The molecule has 1 aliphatic heterocycles. The molecule has 0 saturated carbocycles. The molecule has 1 aliphatic rings. The minimum atomic E-state index is 0.302. The number of piperidine rings is 1. The van der Waals surface area contributed by atoms with E-state index in [4.69, 9.17) is 22.3 Å². The largest absolute Gasteiger partial charge is 0.368 e. The zero-order chi connectivity index (χ0) is 15.5. The predicted molar refractivity (Wildman–Crippen MR) is 91.3 cm³/mol. The molecule has 0 radical (unpaired) electrons. The summed E-state index contributed by atoms with van der Waals surface area (Å²) in [6, 6.07) is 8.15. The average Bonchev–Trinajstić information content (AvgIpc) is 2.56. The van der Waals surface area contributed by atoms with Crippen LogP contribution in [0.1, 0.15) is 25.6 Å². The van der Waals surface area contributed by atoms with Crippen molar-refractivity contribution >= 4 is 17.3 Å². The smallest absolute Gasteiger partial charge is 0.128 e. The Morgan fingerprint density at radius 2 is 2.00 bits per heavy atom. The Morgan fingerprint density at radius 3 is 2.68 bits per heavy atom. The molecule has 5 heteroatoms. The summed E-state index contributed by atoms with van der Waals surface area (Å²) in [7, 11) is 0. The number of aromatic nitrogens is 2. The van der Waals surface area contributed by atoms with Gasteiger partial charge in [0.05, 0.1) is 22.6 Å². The fourth-order valence-electron chi connectivity index (χ4n) is 2.81. The molecule has 22 heavy (non-hydrogen) atoms. The first-order chi connectivity index (χ1) is 10.7. The molecule has 1 aromatic heterocycles. The van der Waals surface area contributed by atoms with Gasteiger partial charge in [-0.1, -0.05) is 36.7 Å². The van der Waals surface area contributed by atoms with E-state index < -0.39 is 0 Å². The van der Waals surface area contributed by atoms with Crippen molar-refractivity contribution in [3.63, 3.8) is 0 Å². The van der Waals surface area contributed by atoms with Gasteiger partial charge in [-0.25, -0.2) is 9.97 Å². The van der Waals surface area contributed by atoms with E-state index in [2.05, 4.69) is 16.8 Å². The second kappa shape index (κ2) is 6.63. The van der Waals surface area contributed by atoms with Gasteiger partial charge in [0.15, 0.2) is 0 Å². The van der Waals surface area contributed by atoms with E-state index in [1.807, 2.05) is 30.5 Å². The summed E-state index contributed by atoms with van der Waals surface area (Å²) in [4.78, 5) is 11.5. The Balaban J connectivity index is 2.05. The highest BCUT2D eigenvalue weighted by molar-refractivity contribution is 6.33. The molecular formula is C17H21ClN4. The van der Waals surface area contributed by atoms with E-state index in [1.54, 1.807) is 0 Å².